The molecule has 0 radical (unpaired) electrons. The third-order valence-electron chi connectivity index (χ3n) is 5.74. The van der Waals surface area contributed by atoms with Gasteiger partial charge in [0.1, 0.15) is 5.92 Å². The molecule has 0 saturated carbocycles. The second-order valence-corrected chi connectivity index (χ2v) is 7.86. The molecule has 8 nitrogen and oxygen atoms in total. The maximum Gasteiger partial charge on any atom is 0.414 e. The number of benzene rings is 3. The molecule has 4 rings (SSSR count). The van der Waals surface area contributed by atoms with Gasteiger partial charge in [0, 0.05) is 28.8 Å². The first-order chi connectivity index (χ1) is 16.9. The Hall–Kier alpha value is -4.59. The minimum Gasteiger partial charge on any atom is -0.449 e. The summed E-state index contributed by atoms with van der Waals surface area (Å²) in [4.78, 5) is 52.5. The first-order valence-corrected chi connectivity index (χ1v) is 11.0. The Balaban J connectivity index is 1.86. The Bertz CT molecular complexity index is 1250. The summed E-state index contributed by atoms with van der Waals surface area (Å²) in [6, 6.07) is 19.8. The summed E-state index contributed by atoms with van der Waals surface area (Å²) in [5, 5.41) is 11.3. The molecule has 1 atom stereocenters. The molecule has 0 spiro atoms. The highest BCUT2D eigenvalue weighted by Crippen LogP contribution is 2.36. The highest BCUT2D eigenvalue weighted by molar-refractivity contribution is 6.18. The number of carbonyl (C=O) groups excluding carboxylic acids is 3. The number of ketones is 2. The van der Waals surface area contributed by atoms with Gasteiger partial charge in [-0.25, -0.2) is 4.79 Å². The van der Waals surface area contributed by atoms with Crippen molar-refractivity contribution in [1.82, 2.24) is 0 Å². The lowest BCUT2D eigenvalue weighted by atomic mass is 9.81. The molecule has 1 aliphatic rings. The summed E-state index contributed by atoms with van der Waals surface area (Å²) in [6.45, 7) is 1.71. The topological polar surface area (TPSA) is 107 Å². The van der Waals surface area contributed by atoms with Crippen LogP contribution in [-0.2, 0) is 4.74 Å². The lowest BCUT2D eigenvalue weighted by molar-refractivity contribution is -0.384. The van der Waals surface area contributed by atoms with Crippen molar-refractivity contribution >= 4 is 35.1 Å². The van der Waals surface area contributed by atoms with Crippen LogP contribution in [0.4, 0.5) is 16.2 Å². The van der Waals surface area contributed by atoms with Crippen LogP contribution >= 0.6 is 0 Å². The van der Waals surface area contributed by atoms with E-state index in [-0.39, 0.29) is 12.3 Å². The van der Waals surface area contributed by atoms with Crippen LogP contribution < -0.4 is 4.90 Å². The number of nitro benzene ring substituents is 1. The number of anilines is 1. The van der Waals surface area contributed by atoms with E-state index < -0.39 is 34.5 Å². The largest absolute Gasteiger partial charge is 0.449 e. The van der Waals surface area contributed by atoms with Crippen molar-refractivity contribution in [2.75, 3.05) is 11.5 Å². The summed E-state index contributed by atoms with van der Waals surface area (Å²) >= 11 is 0. The van der Waals surface area contributed by atoms with Gasteiger partial charge in [-0.2, -0.15) is 0 Å². The number of amides is 1. The van der Waals surface area contributed by atoms with E-state index in [4.69, 9.17) is 4.74 Å². The number of hydrogen-bond donors (Lipinski definition) is 0. The molecule has 0 fully saturated rings. The minimum absolute atomic E-state index is 0.0675. The monoisotopic (exact) mass is 470 g/mol. The Labute approximate surface area is 201 Å². The van der Waals surface area contributed by atoms with E-state index in [0.717, 1.165) is 0 Å². The molecule has 0 saturated heterocycles. The van der Waals surface area contributed by atoms with Gasteiger partial charge in [0.15, 0.2) is 11.6 Å². The quantitative estimate of drug-likeness (QED) is 0.200. The number of nitro groups is 1. The molecule has 0 N–H and O–H groups in total. The van der Waals surface area contributed by atoms with Gasteiger partial charge in [0.2, 0.25) is 0 Å². The minimum atomic E-state index is -1.27. The third kappa shape index (κ3) is 4.72. The zero-order valence-electron chi connectivity index (χ0n) is 18.9. The van der Waals surface area contributed by atoms with Crippen LogP contribution in [0, 0.1) is 16.0 Å². The Morgan fingerprint density at radius 2 is 1.51 bits per heavy atom. The van der Waals surface area contributed by atoms with Gasteiger partial charge in [-0.15, -0.1) is 0 Å². The van der Waals surface area contributed by atoms with Crippen molar-refractivity contribution in [3.05, 3.63) is 112 Å². The van der Waals surface area contributed by atoms with Crippen LogP contribution in [0.1, 0.15) is 33.2 Å². The SMILES string of the molecule is CCOC(=O)N1c2ccc([N+](=O)[O-])cc2C=CC1C(C(=O)c1ccccc1)C(=O)c1ccccc1. The van der Waals surface area contributed by atoms with Gasteiger partial charge in [0.25, 0.3) is 5.69 Å². The number of fused-ring (bicyclic) bond motifs is 1. The van der Waals surface area contributed by atoms with Crippen molar-refractivity contribution in [3.8, 4) is 0 Å². The lowest BCUT2D eigenvalue weighted by Crippen LogP contribution is -2.50. The predicted octanol–water partition coefficient (Wildman–Crippen LogP) is 5.34. The normalized spacial score (nSPS) is 14.3. The molecule has 0 aliphatic carbocycles. The van der Waals surface area contributed by atoms with E-state index in [1.54, 1.807) is 79.7 Å². The van der Waals surface area contributed by atoms with E-state index in [9.17, 15) is 24.5 Å². The van der Waals surface area contributed by atoms with Crippen LogP contribution in [-0.4, -0.2) is 35.2 Å². The van der Waals surface area contributed by atoms with E-state index >= 15 is 0 Å². The number of non-ortho nitro benzene ring substituents is 1. The molecule has 1 unspecified atom stereocenters. The highest BCUT2D eigenvalue weighted by atomic mass is 16.6. The summed E-state index contributed by atoms with van der Waals surface area (Å²) in [7, 11) is 0. The Morgan fingerprint density at radius 3 is 2.03 bits per heavy atom. The van der Waals surface area contributed by atoms with E-state index in [0.29, 0.717) is 22.4 Å². The fourth-order valence-corrected chi connectivity index (χ4v) is 4.12. The number of Topliss-reactive ketones (excluding diaryl/α,β-unsaturated/α-hetero) is 2. The molecule has 3 aromatic rings. The van der Waals surface area contributed by atoms with Gasteiger partial charge in [-0.3, -0.25) is 24.6 Å². The molecule has 1 amide bonds. The molecule has 176 valence electrons. The third-order valence-corrected chi connectivity index (χ3v) is 5.74. The molecule has 0 bridgehead atoms. The van der Waals surface area contributed by atoms with Gasteiger partial charge >= 0.3 is 6.09 Å². The van der Waals surface area contributed by atoms with Crippen molar-refractivity contribution in [1.29, 1.82) is 0 Å². The molecular formula is C27H22N2O6. The maximum absolute atomic E-state index is 13.7. The number of carbonyl (C=O) groups is 3. The standard InChI is InChI=1S/C27H22N2O6/c1-2-35-27(32)28-22-16-14-21(29(33)34)17-20(22)13-15-23(28)24(25(30)18-9-5-3-6-10-18)26(31)19-11-7-4-8-12-19/h3-17,23-24H,2H2,1H3. The van der Waals surface area contributed by atoms with Crippen molar-refractivity contribution in [2.45, 2.75) is 13.0 Å². The fourth-order valence-electron chi connectivity index (χ4n) is 4.12. The van der Waals surface area contributed by atoms with Crippen LogP contribution in [0.15, 0.2) is 84.9 Å². The predicted molar refractivity (Wildman–Crippen MR) is 130 cm³/mol. The lowest BCUT2D eigenvalue weighted by Gasteiger charge is -2.36. The van der Waals surface area contributed by atoms with Crippen LogP contribution in [0.3, 0.4) is 0 Å². The molecule has 3 aromatic carbocycles. The Morgan fingerprint density at radius 1 is 0.943 bits per heavy atom. The molecule has 35 heavy (non-hydrogen) atoms. The second kappa shape index (κ2) is 10.1. The molecule has 1 aliphatic heterocycles. The zero-order chi connectivity index (χ0) is 24.9. The zero-order valence-corrected chi connectivity index (χ0v) is 18.9. The second-order valence-electron chi connectivity index (χ2n) is 7.86. The molecule has 1 heterocycles. The van der Waals surface area contributed by atoms with Crippen LogP contribution in [0.25, 0.3) is 6.08 Å². The van der Waals surface area contributed by atoms with Gasteiger partial charge in [-0.1, -0.05) is 72.8 Å². The number of nitrogens with zero attached hydrogens (tertiary/aromatic N) is 2. The summed E-state index contributed by atoms with van der Waals surface area (Å²) in [5.74, 6) is -2.17. The molecule has 0 aromatic heterocycles. The summed E-state index contributed by atoms with van der Waals surface area (Å²) < 4.78 is 5.26. The average Bonchev–Trinajstić information content (AvgIpc) is 2.89. The van der Waals surface area contributed by atoms with E-state index in [2.05, 4.69) is 0 Å². The smallest absolute Gasteiger partial charge is 0.414 e. The number of hydrogen-bond acceptors (Lipinski definition) is 6. The first-order valence-electron chi connectivity index (χ1n) is 11.0. The average molecular weight is 470 g/mol. The summed E-state index contributed by atoms with van der Waals surface area (Å²) in [5.41, 5.74) is 1.23. The van der Waals surface area contributed by atoms with Crippen LogP contribution in [0.2, 0.25) is 0 Å². The number of rotatable bonds is 7. The fraction of sp³-hybridized carbons (Fsp3) is 0.148. The van der Waals surface area contributed by atoms with Gasteiger partial charge < -0.3 is 4.74 Å². The number of ether oxygens (including phenoxy) is 1. The van der Waals surface area contributed by atoms with Gasteiger partial charge in [-0.05, 0) is 13.0 Å². The summed E-state index contributed by atoms with van der Waals surface area (Å²) in [6.07, 6.45) is 2.38. The van der Waals surface area contributed by atoms with Gasteiger partial charge in [0.05, 0.1) is 23.3 Å². The molecular weight excluding hydrogens is 448 g/mol. The highest BCUT2D eigenvalue weighted by Gasteiger charge is 2.42. The maximum atomic E-state index is 13.7. The van der Waals surface area contributed by atoms with Crippen molar-refractivity contribution in [2.24, 2.45) is 5.92 Å². The van der Waals surface area contributed by atoms with E-state index in [1.165, 1.54) is 23.1 Å². The molecule has 8 heteroatoms. The Kier molecular flexibility index (Phi) is 6.82. The van der Waals surface area contributed by atoms with Crippen LogP contribution in [0.5, 0.6) is 0 Å². The first kappa shape index (κ1) is 23.6. The van der Waals surface area contributed by atoms with Crippen molar-refractivity contribution in [3.63, 3.8) is 0 Å². The van der Waals surface area contributed by atoms with Crippen molar-refractivity contribution < 1.29 is 24.0 Å². The van der Waals surface area contributed by atoms with E-state index in [1.807, 2.05) is 0 Å².